The summed E-state index contributed by atoms with van der Waals surface area (Å²) in [5.41, 5.74) is 0.350. The zero-order valence-electron chi connectivity index (χ0n) is 13.7. The van der Waals surface area contributed by atoms with Gasteiger partial charge in [0.15, 0.2) is 5.69 Å². The predicted octanol–water partition coefficient (Wildman–Crippen LogP) is 2.81. The summed E-state index contributed by atoms with van der Waals surface area (Å²) in [7, 11) is 0. The van der Waals surface area contributed by atoms with Crippen LogP contribution in [0.15, 0.2) is 24.3 Å². The Morgan fingerprint density at radius 1 is 1.24 bits per heavy atom. The Morgan fingerprint density at radius 3 is 2.44 bits per heavy atom. The van der Waals surface area contributed by atoms with E-state index in [1.54, 1.807) is 29.2 Å². The lowest BCUT2D eigenvalue weighted by molar-refractivity contribution is -0.141. The summed E-state index contributed by atoms with van der Waals surface area (Å²) in [5, 5.41) is 13.1. The second-order valence-corrected chi connectivity index (χ2v) is 6.07. The van der Waals surface area contributed by atoms with E-state index < -0.39 is 18.5 Å². The molecule has 134 valence electrons. The first kappa shape index (κ1) is 17.5. The molecule has 3 rings (SSSR count). The number of aliphatic hydroxyl groups is 1. The highest BCUT2D eigenvalue weighted by molar-refractivity contribution is 5.78. The van der Waals surface area contributed by atoms with Gasteiger partial charge in [0.1, 0.15) is 0 Å². The van der Waals surface area contributed by atoms with E-state index in [1.165, 1.54) is 6.92 Å². The molecule has 0 atom stereocenters. The van der Waals surface area contributed by atoms with E-state index in [-0.39, 0.29) is 17.2 Å². The number of benzene rings is 1. The van der Waals surface area contributed by atoms with Crippen LogP contribution < -0.4 is 0 Å². The number of aromatic nitrogens is 2. The van der Waals surface area contributed by atoms with Crippen LogP contribution in [-0.2, 0) is 24.1 Å². The van der Waals surface area contributed by atoms with E-state index in [9.17, 15) is 23.1 Å². The van der Waals surface area contributed by atoms with Gasteiger partial charge in [0.25, 0.3) is 0 Å². The molecule has 0 bridgehead atoms. The molecule has 1 amide bonds. The largest absolute Gasteiger partial charge is 0.435 e. The highest BCUT2D eigenvalue weighted by Gasteiger charge is 2.37. The molecule has 1 aliphatic heterocycles. The average molecular weight is 353 g/mol. The summed E-state index contributed by atoms with van der Waals surface area (Å²) < 4.78 is 40.2. The fourth-order valence-corrected chi connectivity index (χ4v) is 3.03. The maximum atomic E-state index is 13.0. The molecule has 0 saturated carbocycles. The third-order valence-electron chi connectivity index (χ3n) is 4.39. The number of nitrogens with zero attached hydrogens (tertiary/aromatic N) is 3. The van der Waals surface area contributed by atoms with Crippen LogP contribution in [0.25, 0.3) is 5.69 Å². The number of rotatable bonds is 4. The maximum Gasteiger partial charge on any atom is 0.435 e. The minimum Gasteiger partial charge on any atom is -0.390 e. The van der Waals surface area contributed by atoms with E-state index in [4.69, 9.17) is 0 Å². The van der Waals surface area contributed by atoms with Crippen molar-refractivity contribution in [2.24, 2.45) is 0 Å². The SMILES string of the molecule is Cc1c(C(F)(F)F)nn(-c2ccc(CN3CCCC3=O)cc2)c1CO. The van der Waals surface area contributed by atoms with Crippen LogP contribution in [0.3, 0.4) is 0 Å². The van der Waals surface area contributed by atoms with Crippen LogP contribution in [0.4, 0.5) is 13.2 Å². The summed E-state index contributed by atoms with van der Waals surface area (Å²) in [4.78, 5) is 13.4. The van der Waals surface area contributed by atoms with Crippen LogP contribution >= 0.6 is 0 Å². The smallest absolute Gasteiger partial charge is 0.390 e. The zero-order chi connectivity index (χ0) is 18.2. The molecule has 0 radical (unpaired) electrons. The fraction of sp³-hybridized carbons (Fsp3) is 0.412. The molecule has 2 aromatic rings. The van der Waals surface area contributed by atoms with Gasteiger partial charge in [0.2, 0.25) is 5.91 Å². The minimum absolute atomic E-state index is 0.0817. The second-order valence-electron chi connectivity index (χ2n) is 6.07. The van der Waals surface area contributed by atoms with Gasteiger partial charge in [0.05, 0.1) is 18.0 Å². The summed E-state index contributed by atoms with van der Waals surface area (Å²) >= 11 is 0. The number of aliphatic hydroxyl groups excluding tert-OH is 1. The van der Waals surface area contributed by atoms with Crippen LogP contribution in [-0.4, -0.2) is 32.2 Å². The number of likely N-dealkylation sites (tertiary alicyclic amines) is 1. The number of carbonyl (C=O) groups is 1. The van der Waals surface area contributed by atoms with Gasteiger partial charge in [-0.25, -0.2) is 4.68 Å². The van der Waals surface area contributed by atoms with Crippen molar-refractivity contribution < 1.29 is 23.1 Å². The Kier molecular flexibility index (Phi) is 4.55. The molecule has 1 N–H and O–H groups in total. The van der Waals surface area contributed by atoms with Crippen LogP contribution in [0, 0.1) is 6.92 Å². The average Bonchev–Trinajstić information content (AvgIpc) is 3.11. The first-order chi connectivity index (χ1) is 11.8. The molecule has 25 heavy (non-hydrogen) atoms. The van der Waals surface area contributed by atoms with Crippen LogP contribution in [0.2, 0.25) is 0 Å². The lowest BCUT2D eigenvalue weighted by Crippen LogP contribution is -2.23. The third-order valence-corrected chi connectivity index (χ3v) is 4.39. The highest BCUT2D eigenvalue weighted by Crippen LogP contribution is 2.33. The Morgan fingerprint density at radius 2 is 1.92 bits per heavy atom. The molecular weight excluding hydrogens is 335 g/mol. The van der Waals surface area contributed by atoms with Gasteiger partial charge in [-0.2, -0.15) is 18.3 Å². The first-order valence-electron chi connectivity index (χ1n) is 7.95. The molecule has 0 spiro atoms. The summed E-state index contributed by atoms with van der Waals surface area (Å²) in [5.74, 6) is 0.115. The normalized spacial score (nSPS) is 15.2. The van der Waals surface area contributed by atoms with Crippen molar-refractivity contribution in [2.75, 3.05) is 6.54 Å². The van der Waals surface area contributed by atoms with Crippen molar-refractivity contribution >= 4 is 5.91 Å². The van der Waals surface area contributed by atoms with E-state index in [1.807, 2.05) is 0 Å². The molecule has 0 aliphatic carbocycles. The Balaban J connectivity index is 1.88. The molecule has 1 aromatic heterocycles. The monoisotopic (exact) mass is 353 g/mol. The van der Waals surface area contributed by atoms with Crippen molar-refractivity contribution in [3.63, 3.8) is 0 Å². The topological polar surface area (TPSA) is 58.4 Å². The third kappa shape index (κ3) is 3.39. The number of hydrogen-bond donors (Lipinski definition) is 1. The standard InChI is InChI=1S/C17H18F3N3O2/c1-11-14(10-24)23(21-16(11)17(18,19)20)13-6-4-12(5-7-13)9-22-8-2-3-15(22)25/h4-7,24H,2-3,8-10H2,1H3. The maximum absolute atomic E-state index is 13.0. The number of hydrogen-bond acceptors (Lipinski definition) is 3. The van der Waals surface area contributed by atoms with Crippen molar-refractivity contribution in [3.05, 3.63) is 46.8 Å². The molecule has 1 fully saturated rings. The van der Waals surface area contributed by atoms with E-state index in [0.717, 1.165) is 23.2 Å². The highest BCUT2D eigenvalue weighted by atomic mass is 19.4. The molecule has 2 heterocycles. The fourth-order valence-electron chi connectivity index (χ4n) is 3.03. The Bertz CT molecular complexity index is 782. The molecule has 0 unspecified atom stereocenters. The number of halogens is 3. The van der Waals surface area contributed by atoms with Gasteiger partial charge in [-0.05, 0) is 31.0 Å². The lowest BCUT2D eigenvalue weighted by Gasteiger charge is -2.15. The molecule has 1 aliphatic rings. The molecule has 1 aromatic carbocycles. The van der Waals surface area contributed by atoms with Gasteiger partial charge in [-0.3, -0.25) is 4.79 Å². The van der Waals surface area contributed by atoms with Crippen molar-refractivity contribution in [2.45, 2.75) is 39.1 Å². The van der Waals surface area contributed by atoms with Gasteiger partial charge in [0, 0.05) is 25.1 Å². The summed E-state index contributed by atoms with van der Waals surface area (Å²) in [6, 6.07) is 6.79. The molecule has 5 nitrogen and oxygen atoms in total. The lowest BCUT2D eigenvalue weighted by atomic mass is 10.1. The quantitative estimate of drug-likeness (QED) is 0.920. The van der Waals surface area contributed by atoms with Gasteiger partial charge < -0.3 is 10.0 Å². The molecule has 8 heteroatoms. The summed E-state index contributed by atoms with van der Waals surface area (Å²) in [6.45, 7) is 1.96. The van der Waals surface area contributed by atoms with E-state index in [0.29, 0.717) is 18.7 Å². The Labute approximate surface area is 142 Å². The van der Waals surface area contributed by atoms with Crippen LogP contribution in [0.5, 0.6) is 0 Å². The predicted molar refractivity (Wildman–Crippen MR) is 83.9 cm³/mol. The number of alkyl halides is 3. The van der Waals surface area contributed by atoms with Gasteiger partial charge in [-0.1, -0.05) is 12.1 Å². The number of amides is 1. The Hall–Kier alpha value is -2.35. The van der Waals surface area contributed by atoms with E-state index >= 15 is 0 Å². The minimum atomic E-state index is -4.57. The van der Waals surface area contributed by atoms with Gasteiger partial charge >= 0.3 is 6.18 Å². The van der Waals surface area contributed by atoms with Crippen molar-refractivity contribution in [1.29, 1.82) is 0 Å². The van der Waals surface area contributed by atoms with Crippen molar-refractivity contribution in [3.8, 4) is 5.69 Å². The molecular formula is C17H18F3N3O2. The van der Waals surface area contributed by atoms with Gasteiger partial charge in [-0.15, -0.1) is 0 Å². The number of carbonyl (C=O) groups excluding carboxylic acids is 1. The van der Waals surface area contributed by atoms with Crippen molar-refractivity contribution in [1.82, 2.24) is 14.7 Å². The molecule has 1 saturated heterocycles. The zero-order valence-corrected chi connectivity index (χ0v) is 13.7. The summed E-state index contributed by atoms with van der Waals surface area (Å²) in [6.07, 6.45) is -3.16. The van der Waals surface area contributed by atoms with E-state index in [2.05, 4.69) is 5.10 Å². The van der Waals surface area contributed by atoms with Crippen LogP contribution in [0.1, 0.15) is 35.4 Å². The second kappa shape index (κ2) is 6.51. The first-order valence-corrected chi connectivity index (χ1v) is 7.95.